The molecule has 3 rings (SSSR count). The summed E-state index contributed by atoms with van der Waals surface area (Å²) in [7, 11) is 1.56. The van der Waals surface area contributed by atoms with Crippen molar-refractivity contribution >= 4 is 17.5 Å². The highest BCUT2D eigenvalue weighted by molar-refractivity contribution is 6.32. The summed E-state index contributed by atoms with van der Waals surface area (Å²) >= 11 is 6.17. The lowest BCUT2D eigenvalue weighted by Gasteiger charge is -2.31. The van der Waals surface area contributed by atoms with Crippen LogP contribution >= 0.6 is 11.6 Å². The second-order valence-electron chi connectivity index (χ2n) is 7.44. The summed E-state index contributed by atoms with van der Waals surface area (Å²) in [5.74, 6) is 0.455. The summed E-state index contributed by atoms with van der Waals surface area (Å²) in [5, 5.41) is 3.56. The molecule has 0 unspecified atom stereocenters. The Morgan fingerprint density at radius 3 is 2.39 bits per heavy atom. The first-order valence-corrected chi connectivity index (χ1v) is 10.4. The maximum atomic E-state index is 12.7. The van der Waals surface area contributed by atoms with E-state index in [1.165, 1.54) is 36.8 Å². The van der Waals surface area contributed by atoms with Gasteiger partial charge >= 0.3 is 0 Å². The van der Waals surface area contributed by atoms with Gasteiger partial charge in [-0.2, -0.15) is 0 Å². The Labute approximate surface area is 172 Å². The quantitative estimate of drug-likeness (QED) is 0.741. The highest BCUT2D eigenvalue weighted by Crippen LogP contribution is 2.26. The summed E-state index contributed by atoms with van der Waals surface area (Å²) in [5.41, 5.74) is 3.04. The number of nitrogens with zero attached hydrogens (tertiary/aromatic N) is 1. The third kappa shape index (κ3) is 5.27. The molecule has 1 heterocycles. The topological polar surface area (TPSA) is 41.6 Å². The van der Waals surface area contributed by atoms with E-state index in [0.717, 1.165) is 13.1 Å². The molecule has 150 valence electrons. The number of nitrogens with one attached hydrogen (secondary N) is 1. The molecule has 1 aliphatic rings. The summed E-state index contributed by atoms with van der Waals surface area (Å²) in [4.78, 5) is 15.2. The molecule has 0 radical (unpaired) electrons. The number of ether oxygens (including phenoxy) is 1. The number of carbonyl (C=O) groups excluding carboxylic acids is 1. The van der Waals surface area contributed by atoms with Crippen molar-refractivity contribution < 1.29 is 9.53 Å². The molecule has 2 aromatic carbocycles. The van der Waals surface area contributed by atoms with E-state index < -0.39 is 0 Å². The lowest BCUT2D eigenvalue weighted by molar-refractivity contribution is 0.0933. The molecule has 1 fully saturated rings. The van der Waals surface area contributed by atoms with Gasteiger partial charge in [0.25, 0.3) is 5.91 Å². The van der Waals surface area contributed by atoms with Crippen molar-refractivity contribution in [3.05, 3.63) is 64.2 Å². The summed E-state index contributed by atoms with van der Waals surface area (Å²) in [6, 6.07) is 14.0. The predicted octanol–water partition coefficient (Wildman–Crippen LogP) is 5.00. The van der Waals surface area contributed by atoms with E-state index in [1.54, 1.807) is 25.3 Å². The number of hydrogen-bond acceptors (Lipinski definition) is 3. The molecular weight excluding hydrogens is 372 g/mol. The van der Waals surface area contributed by atoms with Gasteiger partial charge < -0.3 is 10.1 Å². The number of carbonyl (C=O) groups is 1. The lowest BCUT2D eigenvalue weighted by atomic mass is 10.0. The monoisotopic (exact) mass is 400 g/mol. The number of aryl methyl sites for hydroxylation is 1. The number of likely N-dealkylation sites (tertiary alicyclic amines) is 1. The van der Waals surface area contributed by atoms with Crippen molar-refractivity contribution in [2.75, 3.05) is 26.7 Å². The first-order valence-electron chi connectivity index (χ1n) is 10.0. The molecule has 5 heteroatoms. The molecule has 1 atom stereocenters. The van der Waals surface area contributed by atoms with Crippen molar-refractivity contribution in [2.45, 2.75) is 38.6 Å². The van der Waals surface area contributed by atoms with E-state index in [2.05, 4.69) is 41.4 Å². The third-order valence-corrected chi connectivity index (χ3v) is 5.71. The zero-order valence-electron chi connectivity index (χ0n) is 16.7. The predicted molar refractivity (Wildman–Crippen MR) is 114 cm³/mol. The first kappa shape index (κ1) is 20.7. The Bertz CT molecular complexity index is 784. The van der Waals surface area contributed by atoms with Crippen LogP contribution in [0.3, 0.4) is 0 Å². The van der Waals surface area contributed by atoms with Crippen LogP contribution in [0.4, 0.5) is 0 Å². The van der Waals surface area contributed by atoms with Gasteiger partial charge in [0.05, 0.1) is 18.2 Å². The highest BCUT2D eigenvalue weighted by Gasteiger charge is 2.22. The normalized spacial score (nSPS) is 16.2. The van der Waals surface area contributed by atoms with Crippen LogP contribution in [0.25, 0.3) is 0 Å². The van der Waals surface area contributed by atoms with Crippen molar-refractivity contribution in [1.29, 1.82) is 0 Å². The number of amides is 1. The Morgan fingerprint density at radius 2 is 1.79 bits per heavy atom. The van der Waals surface area contributed by atoms with Crippen LogP contribution in [0, 0.1) is 6.92 Å². The Hall–Kier alpha value is -2.04. The maximum Gasteiger partial charge on any atom is 0.251 e. The fourth-order valence-corrected chi connectivity index (χ4v) is 4.01. The van der Waals surface area contributed by atoms with E-state index in [4.69, 9.17) is 16.3 Å². The molecule has 2 aromatic rings. The van der Waals surface area contributed by atoms with Gasteiger partial charge in [0.2, 0.25) is 0 Å². The zero-order valence-corrected chi connectivity index (χ0v) is 17.5. The number of methoxy groups -OCH3 is 1. The molecule has 1 saturated heterocycles. The Morgan fingerprint density at radius 1 is 1.11 bits per heavy atom. The van der Waals surface area contributed by atoms with Crippen LogP contribution in [-0.4, -0.2) is 37.6 Å². The molecule has 0 aliphatic carbocycles. The van der Waals surface area contributed by atoms with Crippen molar-refractivity contribution in [3.63, 3.8) is 0 Å². The first-order chi connectivity index (χ1) is 13.6. The largest absolute Gasteiger partial charge is 0.495 e. The molecule has 0 spiro atoms. The highest BCUT2D eigenvalue weighted by atomic mass is 35.5. The molecule has 0 aromatic heterocycles. The van der Waals surface area contributed by atoms with Gasteiger partial charge in [-0.25, -0.2) is 0 Å². The number of benzene rings is 2. The molecule has 0 saturated carbocycles. The van der Waals surface area contributed by atoms with Crippen LogP contribution in [0.15, 0.2) is 42.5 Å². The zero-order chi connectivity index (χ0) is 19.9. The Balaban J connectivity index is 1.74. The standard InChI is InChI=1S/C23H29ClN2O2/c1-17-7-9-18(10-8-17)21(26-13-5-3-4-6-14-26)16-25-23(27)19-11-12-22(28-2)20(24)15-19/h7-12,15,21H,3-6,13-14,16H2,1-2H3,(H,25,27)/t21-/m0/s1. The van der Waals surface area contributed by atoms with Gasteiger partial charge in [0, 0.05) is 12.1 Å². The maximum absolute atomic E-state index is 12.7. The van der Waals surface area contributed by atoms with Crippen LogP contribution in [0.1, 0.15) is 53.2 Å². The van der Waals surface area contributed by atoms with Crippen molar-refractivity contribution in [1.82, 2.24) is 10.2 Å². The van der Waals surface area contributed by atoms with Crippen LogP contribution < -0.4 is 10.1 Å². The SMILES string of the molecule is COc1ccc(C(=O)NC[C@@H](c2ccc(C)cc2)N2CCCCCC2)cc1Cl. The van der Waals surface area contributed by atoms with Crippen LogP contribution in [0.5, 0.6) is 5.75 Å². The fraction of sp³-hybridized carbons (Fsp3) is 0.435. The molecule has 28 heavy (non-hydrogen) atoms. The fourth-order valence-electron chi connectivity index (χ4n) is 3.75. The molecular formula is C23H29ClN2O2. The molecule has 1 N–H and O–H groups in total. The lowest BCUT2D eigenvalue weighted by Crippen LogP contribution is -2.38. The van der Waals surface area contributed by atoms with Gasteiger partial charge in [0.15, 0.2) is 0 Å². The average molecular weight is 401 g/mol. The van der Waals surface area contributed by atoms with Crippen LogP contribution in [0.2, 0.25) is 5.02 Å². The second kappa shape index (κ2) is 9.94. The number of hydrogen-bond donors (Lipinski definition) is 1. The van der Waals surface area contributed by atoms with Gasteiger partial charge in [-0.1, -0.05) is 54.3 Å². The molecule has 4 nitrogen and oxygen atoms in total. The summed E-state index contributed by atoms with van der Waals surface area (Å²) in [6.45, 7) is 4.82. The van der Waals surface area contributed by atoms with Gasteiger partial charge in [0.1, 0.15) is 5.75 Å². The summed E-state index contributed by atoms with van der Waals surface area (Å²) < 4.78 is 5.17. The molecule has 1 aliphatic heterocycles. The van der Waals surface area contributed by atoms with E-state index in [-0.39, 0.29) is 11.9 Å². The van der Waals surface area contributed by atoms with Gasteiger partial charge in [-0.15, -0.1) is 0 Å². The van der Waals surface area contributed by atoms with Gasteiger partial charge in [-0.3, -0.25) is 9.69 Å². The molecule has 1 amide bonds. The van der Waals surface area contributed by atoms with Crippen LogP contribution in [-0.2, 0) is 0 Å². The minimum Gasteiger partial charge on any atom is -0.495 e. The average Bonchev–Trinajstić information content (AvgIpc) is 2.98. The van der Waals surface area contributed by atoms with E-state index in [1.807, 2.05) is 0 Å². The third-order valence-electron chi connectivity index (χ3n) is 5.41. The van der Waals surface area contributed by atoms with E-state index >= 15 is 0 Å². The Kier molecular flexibility index (Phi) is 7.35. The number of halogens is 1. The van der Waals surface area contributed by atoms with Gasteiger partial charge in [-0.05, 0) is 56.6 Å². The van der Waals surface area contributed by atoms with Crippen molar-refractivity contribution in [3.8, 4) is 5.75 Å². The van der Waals surface area contributed by atoms with E-state index in [0.29, 0.717) is 22.9 Å². The van der Waals surface area contributed by atoms with Crippen molar-refractivity contribution in [2.24, 2.45) is 0 Å². The summed E-state index contributed by atoms with van der Waals surface area (Å²) in [6.07, 6.45) is 5.00. The minimum atomic E-state index is -0.114. The molecule has 0 bridgehead atoms. The number of rotatable bonds is 6. The minimum absolute atomic E-state index is 0.114. The smallest absolute Gasteiger partial charge is 0.251 e. The van der Waals surface area contributed by atoms with E-state index in [9.17, 15) is 4.79 Å². The second-order valence-corrected chi connectivity index (χ2v) is 7.84.